The van der Waals surface area contributed by atoms with Crippen molar-refractivity contribution in [3.8, 4) is 5.75 Å². The summed E-state index contributed by atoms with van der Waals surface area (Å²) in [4.78, 5) is 17.1. The van der Waals surface area contributed by atoms with Crippen LogP contribution in [0.4, 0.5) is 0 Å². The van der Waals surface area contributed by atoms with Gasteiger partial charge in [-0.3, -0.25) is 9.20 Å². The molecule has 1 atom stereocenters. The summed E-state index contributed by atoms with van der Waals surface area (Å²) in [5.74, 6) is 0.773. The minimum Gasteiger partial charge on any atom is -0.487 e. The fraction of sp³-hybridized carbons (Fsp3) is 0.294. The predicted molar refractivity (Wildman–Crippen MR) is 88.0 cm³/mol. The number of aliphatic hydroxyl groups is 1. The first-order valence-corrected chi connectivity index (χ1v) is 8.49. The van der Waals surface area contributed by atoms with Gasteiger partial charge in [-0.2, -0.15) is 0 Å². The molecule has 0 aliphatic heterocycles. The van der Waals surface area contributed by atoms with Gasteiger partial charge in [0, 0.05) is 17.6 Å². The van der Waals surface area contributed by atoms with Gasteiger partial charge in [-0.05, 0) is 36.5 Å². The van der Waals surface area contributed by atoms with Gasteiger partial charge in [0.05, 0.1) is 11.8 Å². The lowest BCUT2D eigenvalue weighted by atomic mass is 9.89. The van der Waals surface area contributed by atoms with Crippen LogP contribution in [-0.4, -0.2) is 14.5 Å². The Morgan fingerprint density at radius 3 is 3.26 bits per heavy atom. The average molecular weight is 328 g/mol. The molecule has 0 saturated carbocycles. The van der Waals surface area contributed by atoms with Gasteiger partial charge in [-0.15, -0.1) is 11.3 Å². The van der Waals surface area contributed by atoms with Gasteiger partial charge >= 0.3 is 0 Å². The number of rotatable bonds is 3. The molecule has 23 heavy (non-hydrogen) atoms. The van der Waals surface area contributed by atoms with E-state index >= 15 is 0 Å². The van der Waals surface area contributed by atoms with Crippen LogP contribution in [0.2, 0.25) is 0 Å². The minimum atomic E-state index is -0.410. The molecule has 118 valence electrons. The van der Waals surface area contributed by atoms with E-state index in [1.165, 1.54) is 21.8 Å². The van der Waals surface area contributed by atoms with E-state index in [4.69, 9.17) is 4.74 Å². The van der Waals surface area contributed by atoms with E-state index in [0.29, 0.717) is 10.7 Å². The van der Waals surface area contributed by atoms with Crippen LogP contribution in [0.5, 0.6) is 5.75 Å². The number of fused-ring (bicyclic) bond motifs is 2. The number of hydrogen-bond donors (Lipinski definition) is 1. The van der Waals surface area contributed by atoms with E-state index in [0.717, 1.165) is 36.1 Å². The molecule has 0 saturated heterocycles. The van der Waals surface area contributed by atoms with Crippen LogP contribution < -0.4 is 10.3 Å². The van der Waals surface area contributed by atoms with E-state index in [1.54, 1.807) is 6.20 Å². The lowest BCUT2D eigenvalue weighted by Gasteiger charge is -2.23. The van der Waals surface area contributed by atoms with Gasteiger partial charge in [0.1, 0.15) is 12.4 Å². The number of ether oxygens (including phenoxy) is 1. The third-order valence-corrected chi connectivity index (χ3v) is 4.92. The van der Waals surface area contributed by atoms with Crippen molar-refractivity contribution in [2.45, 2.75) is 32.0 Å². The molecule has 1 aromatic carbocycles. The quantitative estimate of drug-likeness (QED) is 0.803. The summed E-state index contributed by atoms with van der Waals surface area (Å²) in [6, 6.07) is 7.26. The summed E-state index contributed by atoms with van der Waals surface area (Å²) in [5.41, 5.74) is 2.54. The highest BCUT2D eigenvalue weighted by molar-refractivity contribution is 7.15. The molecule has 6 heteroatoms. The Balaban J connectivity index is 1.61. The van der Waals surface area contributed by atoms with E-state index in [9.17, 15) is 9.90 Å². The summed E-state index contributed by atoms with van der Waals surface area (Å²) in [5, 5.41) is 11.9. The van der Waals surface area contributed by atoms with Crippen LogP contribution in [0.25, 0.3) is 4.96 Å². The van der Waals surface area contributed by atoms with Gasteiger partial charge in [0.25, 0.3) is 5.56 Å². The molecule has 5 nitrogen and oxygen atoms in total. The SMILES string of the molecule is O=c1cc(COc2cccc3c2CCC[C@@H]3O)nc2sccn12. The molecule has 0 fully saturated rings. The van der Waals surface area contributed by atoms with E-state index in [2.05, 4.69) is 4.98 Å². The minimum absolute atomic E-state index is 0.0969. The fourth-order valence-electron chi connectivity index (χ4n) is 3.04. The van der Waals surface area contributed by atoms with Crippen LogP contribution in [-0.2, 0) is 13.0 Å². The van der Waals surface area contributed by atoms with Crippen LogP contribution in [0.3, 0.4) is 0 Å². The summed E-state index contributed by atoms with van der Waals surface area (Å²) in [6.45, 7) is 0.246. The number of aromatic nitrogens is 2. The van der Waals surface area contributed by atoms with Crippen LogP contribution in [0.1, 0.15) is 35.8 Å². The van der Waals surface area contributed by atoms with Crippen molar-refractivity contribution >= 4 is 16.3 Å². The number of hydrogen-bond acceptors (Lipinski definition) is 5. The van der Waals surface area contributed by atoms with Crippen molar-refractivity contribution in [3.05, 3.63) is 63.0 Å². The molecule has 1 aliphatic rings. The van der Waals surface area contributed by atoms with Gasteiger partial charge in [-0.1, -0.05) is 12.1 Å². The Morgan fingerprint density at radius 2 is 2.35 bits per heavy atom. The summed E-state index contributed by atoms with van der Waals surface area (Å²) in [7, 11) is 0. The van der Waals surface area contributed by atoms with Crippen molar-refractivity contribution in [1.82, 2.24) is 9.38 Å². The highest BCUT2D eigenvalue weighted by Crippen LogP contribution is 2.35. The van der Waals surface area contributed by atoms with E-state index in [-0.39, 0.29) is 12.2 Å². The number of benzene rings is 1. The molecule has 1 N–H and O–H groups in total. The lowest BCUT2D eigenvalue weighted by Crippen LogP contribution is -2.15. The molecular formula is C17H16N2O3S. The summed E-state index contributed by atoms with van der Waals surface area (Å²) < 4.78 is 7.42. The average Bonchev–Trinajstić information content (AvgIpc) is 3.02. The molecule has 0 radical (unpaired) electrons. The third kappa shape index (κ3) is 2.64. The van der Waals surface area contributed by atoms with Crippen LogP contribution in [0, 0.1) is 0 Å². The molecule has 4 rings (SSSR count). The highest BCUT2D eigenvalue weighted by atomic mass is 32.1. The standard InChI is InChI=1S/C17H16N2O3S/c20-14-5-1-4-13-12(14)3-2-6-15(13)22-10-11-9-16(21)19-7-8-23-17(19)18-11/h2-3,6-9,14,20H,1,4-5,10H2/t14-/m0/s1. The Morgan fingerprint density at radius 1 is 1.43 bits per heavy atom. The van der Waals surface area contributed by atoms with E-state index in [1.807, 2.05) is 23.6 Å². The van der Waals surface area contributed by atoms with Crippen LogP contribution in [0.15, 0.2) is 40.6 Å². The van der Waals surface area contributed by atoms with Gasteiger partial charge < -0.3 is 9.84 Å². The second-order valence-electron chi connectivity index (χ2n) is 5.66. The zero-order valence-electron chi connectivity index (χ0n) is 12.4. The van der Waals surface area contributed by atoms with E-state index < -0.39 is 6.10 Å². The molecule has 0 unspecified atom stereocenters. The molecule has 0 spiro atoms. The molecule has 2 aromatic heterocycles. The first kappa shape index (κ1) is 14.4. The highest BCUT2D eigenvalue weighted by Gasteiger charge is 2.20. The Hall–Kier alpha value is -2.18. The van der Waals surface area contributed by atoms with Gasteiger partial charge in [0.2, 0.25) is 0 Å². The van der Waals surface area contributed by atoms with Gasteiger partial charge in [-0.25, -0.2) is 4.98 Å². The van der Waals surface area contributed by atoms with Crippen molar-refractivity contribution in [2.24, 2.45) is 0 Å². The van der Waals surface area contributed by atoms with Crippen molar-refractivity contribution in [3.63, 3.8) is 0 Å². The number of aliphatic hydroxyl groups excluding tert-OH is 1. The summed E-state index contributed by atoms with van der Waals surface area (Å²) >= 11 is 1.42. The zero-order chi connectivity index (χ0) is 15.8. The summed E-state index contributed by atoms with van der Waals surface area (Å²) in [6.07, 6.45) is 3.96. The Labute approximate surface area is 136 Å². The smallest absolute Gasteiger partial charge is 0.258 e. The molecule has 0 amide bonds. The molecular weight excluding hydrogens is 312 g/mol. The first-order valence-electron chi connectivity index (χ1n) is 7.61. The van der Waals surface area contributed by atoms with Crippen molar-refractivity contribution < 1.29 is 9.84 Å². The molecule has 1 aliphatic carbocycles. The first-order chi connectivity index (χ1) is 11.2. The molecule has 0 bridgehead atoms. The normalized spacial score (nSPS) is 17.2. The maximum absolute atomic E-state index is 12.0. The zero-order valence-corrected chi connectivity index (χ0v) is 13.3. The Bertz CT molecular complexity index is 916. The van der Waals surface area contributed by atoms with Crippen LogP contribution >= 0.6 is 11.3 Å². The number of nitrogens with zero attached hydrogens (tertiary/aromatic N) is 2. The maximum atomic E-state index is 12.0. The van der Waals surface area contributed by atoms with Gasteiger partial charge in [0.15, 0.2) is 4.96 Å². The monoisotopic (exact) mass is 328 g/mol. The fourth-order valence-corrected chi connectivity index (χ4v) is 3.78. The molecule has 3 aromatic rings. The molecule has 2 heterocycles. The second-order valence-corrected chi connectivity index (χ2v) is 6.53. The predicted octanol–water partition coefficient (Wildman–Crippen LogP) is 2.70. The number of thiazole rings is 1. The second kappa shape index (κ2) is 5.79. The third-order valence-electron chi connectivity index (χ3n) is 4.16. The van der Waals surface area contributed by atoms with Crippen molar-refractivity contribution in [1.29, 1.82) is 0 Å². The largest absolute Gasteiger partial charge is 0.487 e. The maximum Gasteiger partial charge on any atom is 0.258 e. The Kier molecular flexibility index (Phi) is 3.63. The van der Waals surface area contributed by atoms with Crippen molar-refractivity contribution in [2.75, 3.05) is 0 Å². The topological polar surface area (TPSA) is 63.8 Å². The lowest BCUT2D eigenvalue weighted by molar-refractivity contribution is 0.155.